The van der Waals surface area contributed by atoms with Gasteiger partial charge in [0.2, 0.25) is 5.91 Å². The molecule has 0 aliphatic rings. The summed E-state index contributed by atoms with van der Waals surface area (Å²) in [6.07, 6.45) is 0.793. The van der Waals surface area contributed by atoms with Crippen LogP contribution in [0.15, 0.2) is 47.6 Å². The van der Waals surface area contributed by atoms with Crippen LogP contribution in [0.5, 0.6) is 0 Å². The summed E-state index contributed by atoms with van der Waals surface area (Å²) in [5.41, 5.74) is 1.30. The lowest BCUT2D eigenvalue weighted by molar-refractivity contribution is -0.113. The van der Waals surface area contributed by atoms with E-state index in [4.69, 9.17) is 39.5 Å². The Morgan fingerprint density at radius 1 is 1.10 bits per heavy atom. The third-order valence-corrected chi connectivity index (χ3v) is 6.10. The third kappa shape index (κ3) is 6.60. The Labute approximate surface area is 200 Å². The van der Waals surface area contributed by atoms with Gasteiger partial charge in [0.05, 0.1) is 21.5 Å². The van der Waals surface area contributed by atoms with Gasteiger partial charge in [0.15, 0.2) is 11.0 Å². The van der Waals surface area contributed by atoms with E-state index in [1.807, 2.05) is 35.8 Å². The third-order valence-electron chi connectivity index (χ3n) is 4.25. The number of rotatable bonds is 10. The van der Waals surface area contributed by atoms with Crippen LogP contribution in [-0.4, -0.2) is 39.6 Å². The minimum Gasteiger partial charge on any atom is -0.382 e. The first-order chi connectivity index (χ1) is 15.0. The van der Waals surface area contributed by atoms with Gasteiger partial charge in [-0.15, -0.1) is 10.2 Å². The van der Waals surface area contributed by atoms with Crippen molar-refractivity contribution in [2.45, 2.75) is 25.0 Å². The number of amides is 1. The van der Waals surface area contributed by atoms with Gasteiger partial charge >= 0.3 is 0 Å². The summed E-state index contributed by atoms with van der Waals surface area (Å²) in [6.45, 7) is 3.91. The zero-order chi connectivity index (χ0) is 22.2. The van der Waals surface area contributed by atoms with Gasteiger partial charge in [0.25, 0.3) is 0 Å². The Bertz CT molecular complexity index is 1010. The zero-order valence-electron chi connectivity index (χ0n) is 16.8. The maximum Gasteiger partial charge on any atom is 0.234 e. The molecule has 0 bridgehead atoms. The predicted molar refractivity (Wildman–Crippen MR) is 127 cm³/mol. The minimum atomic E-state index is -0.239. The topological polar surface area (TPSA) is 69.0 Å². The Kier molecular flexibility index (Phi) is 9.04. The minimum absolute atomic E-state index is 0.131. The summed E-state index contributed by atoms with van der Waals surface area (Å²) in [7, 11) is 0. The zero-order valence-corrected chi connectivity index (χ0v) is 19.9. The average molecular weight is 500 g/mol. The molecule has 0 unspecified atom stereocenters. The molecule has 0 atom stereocenters. The second-order valence-electron chi connectivity index (χ2n) is 6.45. The van der Waals surface area contributed by atoms with E-state index >= 15 is 0 Å². The number of nitrogens with zero attached hydrogens (tertiary/aromatic N) is 3. The normalized spacial score (nSPS) is 11.0. The lowest BCUT2D eigenvalue weighted by Gasteiger charge is -2.11. The van der Waals surface area contributed by atoms with E-state index < -0.39 is 0 Å². The summed E-state index contributed by atoms with van der Waals surface area (Å²) < 4.78 is 7.44. The molecule has 0 saturated heterocycles. The SMILES string of the molecule is CCOCCCn1c(SCC(=O)Nc2c(Cl)cccc2Cl)nnc1-c1ccc(Cl)cc1. The molecule has 1 N–H and O–H groups in total. The molecule has 1 heterocycles. The monoisotopic (exact) mass is 498 g/mol. The second kappa shape index (κ2) is 11.7. The fourth-order valence-corrected chi connectivity index (χ4v) is 4.18. The highest BCUT2D eigenvalue weighted by molar-refractivity contribution is 7.99. The molecule has 164 valence electrons. The molecule has 31 heavy (non-hydrogen) atoms. The van der Waals surface area contributed by atoms with Gasteiger partial charge in [0, 0.05) is 30.3 Å². The molecular formula is C21H21Cl3N4O2S. The lowest BCUT2D eigenvalue weighted by Crippen LogP contribution is -2.15. The molecule has 1 amide bonds. The van der Waals surface area contributed by atoms with Crippen molar-refractivity contribution in [1.82, 2.24) is 14.8 Å². The number of para-hydroxylation sites is 1. The molecule has 0 spiro atoms. The van der Waals surface area contributed by atoms with Crippen molar-refractivity contribution < 1.29 is 9.53 Å². The number of halogens is 3. The van der Waals surface area contributed by atoms with E-state index in [0.717, 1.165) is 12.0 Å². The smallest absolute Gasteiger partial charge is 0.234 e. The molecule has 0 radical (unpaired) electrons. The predicted octanol–water partition coefficient (Wildman–Crippen LogP) is 6.06. The molecule has 2 aromatic carbocycles. The molecule has 3 rings (SSSR count). The molecule has 6 nitrogen and oxygen atoms in total. The van der Waals surface area contributed by atoms with Gasteiger partial charge in [-0.05, 0) is 49.7 Å². The van der Waals surface area contributed by atoms with Crippen molar-refractivity contribution in [2.24, 2.45) is 0 Å². The molecule has 3 aromatic rings. The summed E-state index contributed by atoms with van der Waals surface area (Å²) in [5, 5.41) is 13.5. The van der Waals surface area contributed by atoms with E-state index in [0.29, 0.717) is 51.5 Å². The van der Waals surface area contributed by atoms with Gasteiger partial charge in [-0.1, -0.05) is 52.6 Å². The van der Waals surface area contributed by atoms with Crippen molar-refractivity contribution in [2.75, 3.05) is 24.3 Å². The van der Waals surface area contributed by atoms with Crippen molar-refractivity contribution in [1.29, 1.82) is 0 Å². The number of carbonyl (C=O) groups is 1. The van der Waals surface area contributed by atoms with Gasteiger partial charge in [-0.3, -0.25) is 4.79 Å². The fraction of sp³-hybridized carbons (Fsp3) is 0.286. The van der Waals surface area contributed by atoms with Crippen LogP contribution in [0.4, 0.5) is 5.69 Å². The maximum absolute atomic E-state index is 12.5. The first kappa shape index (κ1) is 23.9. The molecule has 1 aromatic heterocycles. The largest absolute Gasteiger partial charge is 0.382 e. The standard InChI is InChI=1S/C21H21Cl3N4O2S/c1-2-30-12-4-11-28-20(14-7-9-15(22)10-8-14)26-27-21(28)31-13-18(29)25-19-16(23)5-3-6-17(19)24/h3,5-10H,2,4,11-13H2,1H3,(H,25,29). The highest BCUT2D eigenvalue weighted by atomic mass is 35.5. The number of hydrogen-bond acceptors (Lipinski definition) is 5. The molecule has 0 aliphatic heterocycles. The molecule has 0 saturated carbocycles. The van der Waals surface area contributed by atoms with E-state index in [9.17, 15) is 4.79 Å². The molecular weight excluding hydrogens is 479 g/mol. The van der Waals surface area contributed by atoms with Crippen LogP contribution in [0.2, 0.25) is 15.1 Å². The molecule has 0 fully saturated rings. The van der Waals surface area contributed by atoms with E-state index in [2.05, 4.69) is 15.5 Å². The number of ether oxygens (including phenoxy) is 1. The van der Waals surface area contributed by atoms with Crippen LogP contribution in [0.1, 0.15) is 13.3 Å². The van der Waals surface area contributed by atoms with E-state index in [1.165, 1.54) is 11.8 Å². The molecule has 0 aliphatic carbocycles. The van der Waals surface area contributed by atoms with Crippen molar-refractivity contribution in [3.8, 4) is 11.4 Å². The first-order valence-electron chi connectivity index (χ1n) is 9.63. The van der Waals surface area contributed by atoms with Gasteiger partial charge in [-0.25, -0.2) is 0 Å². The number of nitrogens with one attached hydrogen (secondary N) is 1. The van der Waals surface area contributed by atoms with E-state index in [-0.39, 0.29) is 11.7 Å². The highest BCUT2D eigenvalue weighted by Crippen LogP contribution is 2.30. The Morgan fingerprint density at radius 3 is 2.48 bits per heavy atom. The van der Waals surface area contributed by atoms with Gasteiger partial charge < -0.3 is 14.6 Å². The quantitative estimate of drug-likeness (QED) is 0.271. The molecule has 10 heteroatoms. The number of hydrogen-bond donors (Lipinski definition) is 1. The van der Waals surface area contributed by atoms with Crippen molar-refractivity contribution in [3.63, 3.8) is 0 Å². The highest BCUT2D eigenvalue weighted by Gasteiger charge is 2.17. The maximum atomic E-state index is 12.5. The van der Waals surface area contributed by atoms with Crippen LogP contribution >= 0.6 is 46.6 Å². The number of carbonyl (C=O) groups excluding carboxylic acids is 1. The lowest BCUT2D eigenvalue weighted by atomic mass is 10.2. The Morgan fingerprint density at radius 2 is 1.81 bits per heavy atom. The van der Waals surface area contributed by atoms with Crippen LogP contribution in [0, 0.1) is 0 Å². The van der Waals surface area contributed by atoms with E-state index in [1.54, 1.807) is 18.2 Å². The van der Waals surface area contributed by atoms with Crippen LogP contribution in [-0.2, 0) is 16.1 Å². The van der Waals surface area contributed by atoms with Crippen LogP contribution < -0.4 is 5.32 Å². The average Bonchev–Trinajstić information content (AvgIpc) is 3.16. The van der Waals surface area contributed by atoms with Gasteiger partial charge in [0.1, 0.15) is 0 Å². The summed E-state index contributed by atoms with van der Waals surface area (Å²) in [5.74, 6) is 0.605. The summed E-state index contributed by atoms with van der Waals surface area (Å²) in [4.78, 5) is 12.5. The Balaban J connectivity index is 1.73. The van der Waals surface area contributed by atoms with Crippen LogP contribution in [0.3, 0.4) is 0 Å². The van der Waals surface area contributed by atoms with Crippen molar-refractivity contribution >= 4 is 58.2 Å². The first-order valence-corrected chi connectivity index (χ1v) is 11.7. The fourth-order valence-electron chi connectivity index (χ4n) is 2.80. The number of anilines is 1. The second-order valence-corrected chi connectivity index (χ2v) is 8.64. The number of thioether (sulfide) groups is 1. The van der Waals surface area contributed by atoms with Gasteiger partial charge in [-0.2, -0.15) is 0 Å². The summed E-state index contributed by atoms with van der Waals surface area (Å²) in [6, 6.07) is 12.5. The summed E-state index contributed by atoms with van der Waals surface area (Å²) >= 11 is 19.6. The van der Waals surface area contributed by atoms with Crippen molar-refractivity contribution in [3.05, 3.63) is 57.5 Å². The number of benzene rings is 2. The Hall–Kier alpha value is -1.77. The van der Waals surface area contributed by atoms with Crippen LogP contribution in [0.25, 0.3) is 11.4 Å². The number of aromatic nitrogens is 3.